The van der Waals surface area contributed by atoms with Crippen LogP contribution in [0.25, 0.3) is 16.8 Å². The van der Waals surface area contributed by atoms with Gasteiger partial charge in [-0.15, -0.1) is 0 Å². The zero-order valence-electron chi connectivity index (χ0n) is 22.2. The van der Waals surface area contributed by atoms with Gasteiger partial charge in [-0.25, -0.2) is 13.9 Å². The van der Waals surface area contributed by atoms with E-state index >= 15 is 0 Å². The molecule has 1 fully saturated rings. The normalized spacial score (nSPS) is 18.3. The van der Waals surface area contributed by atoms with Crippen molar-refractivity contribution in [1.29, 1.82) is 0 Å². The van der Waals surface area contributed by atoms with E-state index in [-0.39, 0.29) is 4.90 Å². The lowest BCUT2D eigenvalue weighted by atomic mass is 9.97. The van der Waals surface area contributed by atoms with Crippen molar-refractivity contribution in [3.63, 3.8) is 0 Å². The number of carbonyl (C=O) groups excluding carboxylic acids is 2. The first-order valence-corrected chi connectivity index (χ1v) is 12.4. The van der Waals surface area contributed by atoms with Gasteiger partial charge in [-0.3, -0.25) is 9.59 Å². The van der Waals surface area contributed by atoms with E-state index in [9.17, 15) is 71.8 Å². The Bertz CT molecular complexity index is 1650. The van der Waals surface area contributed by atoms with Gasteiger partial charge >= 0.3 is 24.7 Å². The van der Waals surface area contributed by atoms with Crippen molar-refractivity contribution in [1.82, 2.24) is 24.8 Å². The van der Waals surface area contributed by atoms with E-state index < -0.39 is 113 Å². The van der Waals surface area contributed by atoms with E-state index in [0.29, 0.717) is 28.8 Å². The summed E-state index contributed by atoms with van der Waals surface area (Å²) in [4.78, 5) is 28.8. The third-order valence-corrected chi connectivity index (χ3v) is 7.02. The van der Waals surface area contributed by atoms with Gasteiger partial charge < -0.3 is 21.1 Å². The Morgan fingerprint density at radius 1 is 0.913 bits per heavy atom. The Hall–Kier alpha value is -4.37. The van der Waals surface area contributed by atoms with Gasteiger partial charge in [0.05, 0.1) is 41.4 Å². The summed E-state index contributed by atoms with van der Waals surface area (Å²) in [7, 11) is 0. The second kappa shape index (κ2) is 11.2. The number of nitrogen functional groups attached to an aromatic ring is 1. The second-order valence-corrected chi connectivity index (χ2v) is 10.0. The minimum absolute atomic E-state index is 0.0919. The van der Waals surface area contributed by atoms with Gasteiger partial charge in [0, 0.05) is 12.1 Å². The van der Waals surface area contributed by atoms with Crippen molar-refractivity contribution in [2.24, 2.45) is 0 Å². The quantitative estimate of drug-likeness (QED) is 0.339. The highest BCUT2D eigenvalue weighted by atomic mass is 19.4. The van der Waals surface area contributed by atoms with Gasteiger partial charge in [-0.2, -0.15) is 57.8 Å². The van der Waals surface area contributed by atoms with Crippen molar-refractivity contribution in [2.45, 2.75) is 48.9 Å². The zero-order chi connectivity index (χ0) is 34.8. The van der Waals surface area contributed by atoms with E-state index in [4.69, 9.17) is 5.73 Å². The Morgan fingerprint density at radius 2 is 1.50 bits per heavy atom. The van der Waals surface area contributed by atoms with Crippen LogP contribution in [0.5, 0.6) is 0 Å². The number of hydrogen-bond donors (Lipinski definition) is 3. The fraction of sp³-hybridized carbons (Fsp3) is 0.417. The van der Waals surface area contributed by atoms with Crippen molar-refractivity contribution in [3.8, 4) is 11.3 Å². The highest BCUT2D eigenvalue weighted by molar-refractivity contribution is 5.97. The molecule has 1 aromatic carbocycles. The SMILES string of the molecule is Nc1ncnn2c(-c3ccc(C(F)(F)F)c(C(=O)N[C@@H]4CN(C(=O)CC(O)(C(F)(F)F)C(F)(F)F)C[C@@H]4F)c3)cc(C(F)(F)F)c12. The number of aromatic nitrogens is 3. The Labute approximate surface area is 246 Å². The van der Waals surface area contributed by atoms with Gasteiger partial charge in [-0.1, -0.05) is 6.07 Å². The number of hydrogen-bond acceptors (Lipinski definition) is 6. The van der Waals surface area contributed by atoms with E-state index in [1.807, 2.05) is 0 Å². The molecule has 0 saturated carbocycles. The number of likely N-dealkylation sites (tertiary alicyclic amines) is 1. The fourth-order valence-electron chi connectivity index (χ4n) is 4.67. The number of nitrogens with zero attached hydrogens (tertiary/aromatic N) is 4. The summed E-state index contributed by atoms with van der Waals surface area (Å²) in [6, 6.07) is -0.0174. The molecule has 1 aliphatic heterocycles. The first kappa shape index (κ1) is 34.5. The number of rotatable bonds is 5. The average Bonchev–Trinajstić information content (AvgIpc) is 3.48. The van der Waals surface area contributed by atoms with Crippen LogP contribution in [-0.4, -0.2) is 79.7 Å². The Kier molecular flexibility index (Phi) is 8.37. The number of halogens is 13. The standard InChI is InChI=1S/C24H17F13N6O3/c25-13-6-42(16(44)5-20(46,23(32,33)34)24(35,36)37)7-14(13)41-19(45)10-3-9(1-2-11(10)21(26,27)28)15-4-12(22(29,30)31)17-18(38)39-8-40-43(15)17/h1-4,8,13-14,46H,5-7H2,(H,41,45)(H2,38,39,40)/t13-,14+/m0/s1. The molecule has 46 heavy (non-hydrogen) atoms. The van der Waals surface area contributed by atoms with Gasteiger partial charge in [0.15, 0.2) is 5.82 Å². The number of benzene rings is 1. The Balaban J connectivity index is 1.66. The molecule has 0 unspecified atom stereocenters. The largest absolute Gasteiger partial charge is 0.426 e. The molecular weight excluding hydrogens is 667 g/mol. The molecule has 0 bridgehead atoms. The molecule has 9 nitrogen and oxygen atoms in total. The van der Waals surface area contributed by atoms with Crippen molar-refractivity contribution >= 4 is 23.1 Å². The lowest BCUT2D eigenvalue weighted by Gasteiger charge is -2.32. The number of aliphatic hydroxyl groups is 1. The molecule has 3 aromatic rings. The fourth-order valence-corrected chi connectivity index (χ4v) is 4.67. The van der Waals surface area contributed by atoms with Gasteiger partial charge in [0.1, 0.15) is 18.0 Å². The molecule has 1 saturated heterocycles. The summed E-state index contributed by atoms with van der Waals surface area (Å²) < 4.78 is 176. The summed E-state index contributed by atoms with van der Waals surface area (Å²) in [5.74, 6) is -4.42. The molecule has 1 aliphatic rings. The molecule has 22 heteroatoms. The number of carbonyl (C=O) groups is 2. The van der Waals surface area contributed by atoms with Crippen molar-refractivity contribution < 1.29 is 71.8 Å². The highest BCUT2D eigenvalue weighted by Crippen LogP contribution is 2.46. The Morgan fingerprint density at radius 3 is 2.04 bits per heavy atom. The van der Waals surface area contributed by atoms with Crippen molar-refractivity contribution in [3.05, 3.63) is 47.3 Å². The first-order chi connectivity index (χ1) is 20.9. The summed E-state index contributed by atoms with van der Waals surface area (Å²) in [6.07, 6.45) is -27.4. The molecule has 3 heterocycles. The maximum atomic E-state index is 14.7. The number of anilines is 1. The molecule has 2 atom stereocenters. The van der Waals surface area contributed by atoms with Crippen LogP contribution in [-0.2, 0) is 17.1 Å². The lowest BCUT2D eigenvalue weighted by molar-refractivity contribution is -0.367. The summed E-state index contributed by atoms with van der Waals surface area (Å²) in [5, 5.41) is 14.7. The molecule has 2 amide bonds. The van der Waals surface area contributed by atoms with Crippen LogP contribution in [0.2, 0.25) is 0 Å². The van der Waals surface area contributed by atoms with Gasteiger partial charge in [-0.05, 0) is 18.2 Å². The third kappa shape index (κ3) is 6.20. The van der Waals surface area contributed by atoms with E-state index in [2.05, 4.69) is 10.1 Å². The molecule has 0 spiro atoms. The molecule has 4 N–H and O–H groups in total. The molecule has 0 aliphatic carbocycles. The van der Waals surface area contributed by atoms with Crippen LogP contribution in [0, 0.1) is 0 Å². The zero-order valence-corrected chi connectivity index (χ0v) is 22.2. The summed E-state index contributed by atoms with van der Waals surface area (Å²) in [6.45, 7) is -2.33. The smallest absolute Gasteiger partial charge is 0.382 e. The summed E-state index contributed by atoms with van der Waals surface area (Å²) >= 11 is 0. The van der Waals surface area contributed by atoms with Crippen LogP contribution >= 0.6 is 0 Å². The highest BCUT2D eigenvalue weighted by Gasteiger charge is 2.71. The number of nitrogens with one attached hydrogen (secondary N) is 1. The lowest BCUT2D eigenvalue weighted by Crippen LogP contribution is -2.59. The van der Waals surface area contributed by atoms with Crippen LogP contribution < -0.4 is 11.1 Å². The maximum absolute atomic E-state index is 14.7. The third-order valence-electron chi connectivity index (χ3n) is 7.02. The number of fused-ring (bicyclic) bond motifs is 1. The molecular formula is C24H17F13N6O3. The van der Waals surface area contributed by atoms with E-state index in [0.717, 1.165) is 6.33 Å². The van der Waals surface area contributed by atoms with Crippen LogP contribution in [0.1, 0.15) is 27.9 Å². The predicted molar refractivity (Wildman–Crippen MR) is 127 cm³/mol. The predicted octanol–water partition coefficient (Wildman–Crippen LogP) is 4.54. The molecule has 4 rings (SSSR count). The molecule has 252 valence electrons. The molecule has 2 aromatic heterocycles. The number of alkyl halides is 13. The minimum atomic E-state index is -6.38. The first-order valence-electron chi connectivity index (χ1n) is 12.4. The van der Waals surface area contributed by atoms with E-state index in [1.165, 1.54) is 0 Å². The van der Waals surface area contributed by atoms with E-state index in [1.54, 1.807) is 5.32 Å². The van der Waals surface area contributed by atoms with Gasteiger partial charge in [0.25, 0.3) is 11.5 Å². The van der Waals surface area contributed by atoms with Gasteiger partial charge in [0.2, 0.25) is 5.91 Å². The van der Waals surface area contributed by atoms with Crippen LogP contribution in [0.3, 0.4) is 0 Å². The molecule has 0 radical (unpaired) electrons. The number of amides is 2. The second-order valence-electron chi connectivity index (χ2n) is 10.0. The monoisotopic (exact) mass is 684 g/mol. The van der Waals surface area contributed by atoms with Crippen molar-refractivity contribution in [2.75, 3.05) is 18.8 Å². The minimum Gasteiger partial charge on any atom is -0.382 e. The summed E-state index contributed by atoms with van der Waals surface area (Å²) in [5.41, 5.74) is -6.04. The van der Waals surface area contributed by atoms with Crippen LogP contribution in [0.15, 0.2) is 30.6 Å². The number of nitrogens with two attached hydrogens (primary N) is 1. The maximum Gasteiger partial charge on any atom is 0.426 e. The van der Waals surface area contributed by atoms with Crippen LogP contribution in [0.4, 0.5) is 62.9 Å². The topological polar surface area (TPSA) is 126 Å². The average molecular weight is 684 g/mol.